The fraction of sp³-hybridized carbons (Fsp3) is 0.629. The Morgan fingerprint density at radius 2 is 1.93 bits per heavy atom. The van der Waals surface area contributed by atoms with Crippen LogP contribution in [0, 0.1) is 28.6 Å². The molecule has 0 bridgehead atoms. The third kappa shape index (κ3) is 4.49. The Morgan fingerprint density at radius 3 is 2.75 bits per heavy atom. The van der Waals surface area contributed by atoms with Crippen molar-refractivity contribution in [2.24, 2.45) is 33.7 Å². The van der Waals surface area contributed by atoms with Crippen LogP contribution in [0.3, 0.4) is 0 Å². The molecule has 0 unspecified atom stereocenters. The third-order valence-corrected chi connectivity index (χ3v) is 12.6. The number of esters is 1. The minimum Gasteiger partial charge on any atom is -0.458 e. The normalized spacial score (nSPS) is 39.9. The molecule has 0 radical (unpaired) electrons. The van der Waals surface area contributed by atoms with E-state index in [2.05, 4.69) is 28.5 Å². The zero-order valence-corrected chi connectivity index (χ0v) is 25.6. The second-order valence-corrected chi connectivity index (χ2v) is 14.5. The fourth-order valence-electron chi connectivity index (χ4n) is 10.4. The van der Waals surface area contributed by atoms with Crippen molar-refractivity contribution in [1.82, 2.24) is 10.4 Å². The average Bonchev–Trinajstić information content (AvgIpc) is 3.68. The number of benzene rings is 1. The molecule has 8 atom stereocenters. The summed E-state index contributed by atoms with van der Waals surface area (Å²) in [5.41, 5.74) is 2.75. The van der Waals surface area contributed by atoms with E-state index in [0.717, 1.165) is 36.8 Å². The van der Waals surface area contributed by atoms with E-state index in [9.17, 15) is 24.9 Å². The topological polar surface area (TPSA) is 144 Å². The number of hydrogen-bond acceptors (Lipinski definition) is 7. The van der Waals surface area contributed by atoms with Crippen molar-refractivity contribution in [3.8, 4) is 0 Å². The second-order valence-electron chi connectivity index (χ2n) is 14.5. The number of aromatic nitrogens is 1. The molecule has 9 heteroatoms. The molecule has 1 aromatic carbocycles. The molecule has 2 aromatic rings. The molecule has 0 saturated heterocycles. The maximum atomic E-state index is 12.9. The lowest BCUT2D eigenvalue weighted by atomic mass is 9.41. The van der Waals surface area contributed by atoms with E-state index in [-0.39, 0.29) is 36.1 Å². The van der Waals surface area contributed by atoms with E-state index >= 15 is 0 Å². The highest BCUT2D eigenvalue weighted by atomic mass is 16.5. The number of ether oxygens (including phenoxy) is 1. The lowest BCUT2D eigenvalue weighted by Crippen LogP contribution is -2.68. The van der Waals surface area contributed by atoms with Crippen molar-refractivity contribution >= 4 is 29.0 Å². The van der Waals surface area contributed by atoms with Crippen molar-refractivity contribution in [2.45, 2.75) is 101 Å². The second kappa shape index (κ2) is 10.8. The van der Waals surface area contributed by atoms with Crippen LogP contribution in [0.4, 0.5) is 0 Å². The quantitative estimate of drug-likeness (QED) is 0.181. The van der Waals surface area contributed by atoms with E-state index in [1.807, 2.05) is 24.4 Å². The summed E-state index contributed by atoms with van der Waals surface area (Å²) in [7, 11) is 0. The number of fused-ring (bicyclic) bond motifs is 6. The molecule has 0 spiro atoms. The van der Waals surface area contributed by atoms with E-state index in [1.54, 1.807) is 12.3 Å². The molecule has 1 aliphatic heterocycles. The number of amides is 1. The van der Waals surface area contributed by atoms with Gasteiger partial charge < -0.3 is 25.0 Å². The third-order valence-electron chi connectivity index (χ3n) is 12.6. The molecule has 4 saturated carbocycles. The number of aliphatic hydroxyl groups is 3. The number of cyclic esters (lactones) is 1. The van der Waals surface area contributed by atoms with Crippen LogP contribution >= 0.6 is 0 Å². The van der Waals surface area contributed by atoms with Crippen molar-refractivity contribution < 1.29 is 29.6 Å². The van der Waals surface area contributed by atoms with E-state index in [4.69, 9.17) is 4.74 Å². The van der Waals surface area contributed by atoms with Gasteiger partial charge in [-0.25, -0.2) is 10.2 Å². The number of hydrogen-bond donors (Lipinski definition) is 5. The monoisotopic (exact) mass is 603 g/mol. The molecular weight excluding hydrogens is 558 g/mol. The molecule has 9 nitrogen and oxygen atoms in total. The SMILES string of the molecule is C[C@]12CC[C@H]3[C@@H](CC[C@]4(O)C[C@H](O)CC[C@]34/C=N\NC(=O)CCCc3c[nH]c4ccccc34)[C@]1(O)CC[C@H]2C1=CC(=O)OC1. The summed E-state index contributed by atoms with van der Waals surface area (Å²) in [6.45, 7) is 2.48. The molecule has 44 heavy (non-hydrogen) atoms. The fourth-order valence-corrected chi connectivity index (χ4v) is 10.4. The Labute approximate surface area is 258 Å². The van der Waals surface area contributed by atoms with Crippen LogP contribution in [-0.2, 0) is 20.7 Å². The Morgan fingerprint density at radius 1 is 1.11 bits per heavy atom. The Balaban J connectivity index is 1.08. The summed E-state index contributed by atoms with van der Waals surface area (Å²) in [4.78, 5) is 28.0. The van der Waals surface area contributed by atoms with Crippen LogP contribution in [0.2, 0.25) is 0 Å². The highest BCUT2D eigenvalue weighted by Crippen LogP contribution is 2.70. The van der Waals surface area contributed by atoms with Crippen LogP contribution in [0.25, 0.3) is 10.9 Å². The molecular formula is C35H45N3O6. The van der Waals surface area contributed by atoms with Gasteiger partial charge in [0.05, 0.1) is 17.3 Å². The van der Waals surface area contributed by atoms with Crippen molar-refractivity contribution in [1.29, 1.82) is 0 Å². The summed E-state index contributed by atoms with van der Waals surface area (Å²) in [5, 5.41) is 41.0. The van der Waals surface area contributed by atoms with Crippen LogP contribution in [0.5, 0.6) is 0 Å². The predicted octanol–water partition coefficient (Wildman–Crippen LogP) is 4.31. The number of H-pyrrole nitrogens is 1. The summed E-state index contributed by atoms with van der Waals surface area (Å²) in [6, 6.07) is 8.14. The molecule has 4 aliphatic carbocycles. The van der Waals surface area contributed by atoms with Crippen LogP contribution in [0.15, 0.2) is 47.2 Å². The zero-order chi connectivity index (χ0) is 30.7. The maximum absolute atomic E-state index is 12.9. The van der Waals surface area contributed by atoms with E-state index < -0.39 is 28.1 Å². The van der Waals surface area contributed by atoms with Gasteiger partial charge in [0, 0.05) is 53.1 Å². The Kier molecular flexibility index (Phi) is 7.29. The maximum Gasteiger partial charge on any atom is 0.331 e. The summed E-state index contributed by atoms with van der Waals surface area (Å²) in [6.07, 6.45) is 12.1. The number of nitrogens with one attached hydrogen (secondary N) is 2. The van der Waals surface area contributed by atoms with E-state index in [0.29, 0.717) is 51.6 Å². The summed E-state index contributed by atoms with van der Waals surface area (Å²) >= 11 is 0. The van der Waals surface area contributed by atoms with Crippen LogP contribution < -0.4 is 5.43 Å². The molecule has 5 N–H and O–H groups in total. The number of aromatic amines is 1. The number of para-hydroxylation sites is 1. The first-order valence-electron chi connectivity index (χ1n) is 16.5. The first-order chi connectivity index (χ1) is 21.1. The van der Waals surface area contributed by atoms with Gasteiger partial charge in [-0.2, -0.15) is 5.10 Å². The number of nitrogens with zero attached hydrogens (tertiary/aromatic N) is 1. The van der Waals surface area contributed by atoms with Gasteiger partial charge in [-0.3, -0.25) is 4.79 Å². The van der Waals surface area contributed by atoms with Gasteiger partial charge in [0.15, 0.2) is 0 Å². The molecule has 1 aromatic heterocycles. The predicted molar refractivity (Wildman–Crippen MR) is 165 cm³/mol. The first kappa shape index (κ1) is 29.7. The number of aliphatic hydroxyl groups excluding tert-OH is 1. The minimum atomic E-state index is -1.16. The van der Waals surface area contributed by atoms with Gasteiger partial charge in [0.1, 0.15) is 6.61 Å². The smallest absolute Gasteiger partial charge is 0.331 e. The van der Waals surface area contributed by atoms with E-state index in [1.165, 1.54) is 10.9 Å². The van der Waals surface area contributed by atoms with Gasteiger partial charge in [0.2, 0.25) is 5.91 Å². The highest BCUT2D eigenvalue weighted by Gasteiger charge is 2.71. The minimum absolute atomic E-state index is 0.0384. The van der Waals surface area contributed by atoms with Gasteiger partial charge >= 0.3 is 5.97 Å². The summed E-state index contributed by atoms with van der Waals surface area (Å²) in [5.74, 6) is -0.477. The Hall–Kier alpha value is -3.01. The van der Waals surface area contributed by atoms with Crippen molar-refractivity contribution in [3.05, 3.63) is 47.7 Å². The van der Waals surface area contributed by atoms with Crippen molar-refractivity contribution in [3.63, 3.8) is 0 Å². The molecule has 4 fully saturated rings. The van der Waals surface area contributed by atoms with Crippen LogP contribution in [0.1, 0.15) is 83.1 Å². The van der Waals surface area contributed by atoms with Gasteiger partial charge in [0.25, 0.3) is 0 Å². The summed E-state index contributed by atoms with van der Waals surface area (Å²) < 4.78 is 5.25. The average molecular weight is 604 g/mol. The molecule has 1 amide bonds. The lowest BCUT2D eigenvalue weighted by molar-refractivity contribution is -0.237. The number of hydrazone groups is 1. The molecule has 236 valence electrons. The van der Waals surface area contributed by atoms with Gasteiger partial charge in [-0.1, -0.05) is 25.1 Å². The highest BCUT2D eigenvalue weighted by molar-refractivity contribution is 5.85. The number of carbonyl (C=O) groups excluding carboxylic acids is 2. The van der Waals surface area contributed by atoms with Crippen molar-refractivity contribution in [2.75, 3.05) is 6.61 Å². The van der Waals surface area contributed by atoms with Crippen LogP contribution in [-0.4, -0.2) is 62.3 Å². The lowest BCUT2D eigenvalue weighted by Gasteiger charge is -2.65. The number of carbonyl (C=O) groups is 2. The largest absolute Gasteiger partial charge is 0.458 e. The number of aryl methyl sites for hydroxylation is 1. The zero-order valence-electron chi connectivity index (χ0n) is 25.6. The van der Waals surface area contributed by atoms with Gasteiger partial charge in [-0.05, 0) is 99.2 Å². The molecule has 2 heterocycles. The first-order valence-corrected chi connectivity index (χ1v) is 16.5. The van der Waals surface area contributed by atoms with Gasteiger partial charge in [-0.15, -0.1) is 0 Å². The number of rotatable bonds is 7. The molecule has 7 rings (SSSR count). The standard InChI is InChI=1S/C35H45N3O6/c1-32-13-10-27-28(35(32,43)16-12-26(32)23-17-31(41)44-20-23)11-15-34(42)18-24(39)9-14-33(27,34)21-37-38-30(40)8-4-5-22-19-36-29-7-3-2-6-25(22)29/h2-3,6-7,17,19,21,24,26-28,36,39,42-43H,4-5,8-16,18,20H2,1H3,(H,38,40)/b37-21-/t24-,26+,27+,28-,32-,33+,34+,35-/m1/s1. The molecule has 5 aliphatic rings. The Bertz CT molecular complexity index is 1520.